The summed E-state index contributed by atoms with van der Waals surface area (Å²) in [6, 6.07) is 0.0483. The minimum atomic E-state index is 0.0483. The van der Waals surface area contributed by atoms with Crippen LogP contribution in [0.3, 0.4) is 0 Å². The van der Waals surface area contributed by atoms with Crippen LogP contribution in [0.1, 0.15) is 53.4 Å². The third-order valence-electron chi connectivity index (χ3n) is 5.64. The summed E-state index contributed by atoms with van der Waals surface area (Å²) in [7, 11) is 0. The zero-order valence-electron chi connectivity index (χ0n) is 12.2. The third-order valence-corrected chi connectivity index (χ3v) is 5.64. The van der Waals surface area contributed by atoms with Crippen LogP contribution in [-0.2, 0) is 4.79 Å². The van der Waals surface area contributed by atoms with Crippen LogP contribution in [0.5, 0.6) is 0 Å². The Morgan fingerprint density at radius 2 is 1.78 bits per heavy atom. The minimum Gasteiger partial charge on any atom is -0.394 e. The van der Waals surface area contributed by atoms with Crippen molar-refractivity contribution in [2.45, 2.75) is 59.4 Å². The fraction of sp³-hybridized carbons (Fsp3) is 0.933. The zero-order valence-corrected chi connectivity index (χ0v) is 12.2. The molecule has 1 saturated heterocycles. The first-order chi connectivity index (χ1) is 8.34. The summed E-state index contributed by atoms with van der Waals surface area (Å²) < 4.78 is 0. The molecule has 1 aliphatic heterocycles. The van der Waals surface area contributed by atoms with Crippen LogP contribution in [0.4, 0.5) is 0 Å². The molecule has 0 radical (unpaired) electrons. The van der Waals surface area contributed by atoms with E-state index in [1.165, 1.54) is 6.42 Å². The molecule has 0 aromatic carbocycles. The second-order valence-corrected chi connectivity index (χ2v) is 7.09. The fourth-order valence-corrected chi connectivity index (χ4v) is 3.64. The Bertz CT molecular complexity index is 321. The molecule has 2 aliphatic rings. The van der Waals surface area contributed by atoms with Gasteiger partial charge in [-0.3, -0.25) is 4.79 Å². The van der Waals surface area contributed by atoms with Crippen LogP contribution >= 0.6 is 0 Å². The van der Waals surface area contributed by atoms with Crippen LogP contribution in [0.15, 0.2) is 0 Å². The number of nitrogens with zero attached hydrogens (tertiary/aromatic N) is 1. The van der Waals surface area contributed by atoms with E-state index >= 15 is 0 Å². The molecule has 3 heteroatoms. The molecule has 1 amide bonds. The van der Waals surface area contributed by atoms with Crippen molar-refractivity contribution >= 4 is 5.91 Å². The first-order valence-corrected chi connectivity index (χ1v) is 7.25. The Labute approximate surface area is 111 Å². The Kier molecular flexibility index (Phi) is 3.48. The molecule has 1 heterocycles. The second-order valence-electron chi connectivity index (χ2n) is 7.09. The van der Waals surface area contributed by atoms with E-state index in [2.05, 4.69) is 27.7 Å². The summed E-state index contributed by atoms with van der Waals surface area (Å²) in [6.07, 6.45) is 4.34. The molecule has 1 unspecified atom stereocenters. The van der Waals surface area contributed by atoms with E-state index in [-0.39, 0.29) is 35.3 Å². The van der Waals surface area contributed by atoms with Crippen LogP contribution in [-0.4, -0.2) is 35.1 Å². The van der Waals surface area contributed by atoms with Gasteiger partial charge in [-0.2, -0.15) is 0 Å². The summed E-state index contributed by atoms with van der Waals surface area (Å²) in [5, 5.41) is 9.50. The molecule has 18 heavy (non-hydrogen) atoms. The number of aliphatic hydroxyl groups is 1. The summed E-state index contributed by atoms with van der Waals surface area (Å²) in [5.74, 6) is 0.392. The molecule has 0 bridgehead atoms. The lowest BCUT2D eigenvalue weighted by Crippen LogP contribution is -2.43. The van der Waals surface area contributed by atoms with Gasteiger partial charge in [0.25, 0.3) is 0 Å². The lowest BCUT2D eigenvalue weighted by molar-refractivity contribution is -0.137. The van der Waals surface area contributed by atoms with E-state index in [1.54, 1.807) is 0 Å². The predicted octanol–water partition coefficient (Wildman–Crippen LogP) is 2.43. The van der Waals surface area contributed by atoms with Gasteiger partial charge in [0, 0.05) is 12.5 Å². The summed E-state index contributed by atoms with van der Waals surface area (Å²) in [4.78, 5) is 14.7. The van der Waals surface area contributed by atoms with Gasteiger partial charge in [-0.15, -0.1) is 0 Å². The van der Waals surface area contributed by atoms with E-state index < -0.39 is 0 Å². The molecule has 0 aromatic heterocycles. The van der Waals surface area contributed by atoms with Gasteiger partial charge in [0.2, 0.25) is 5.91 Å². The average molecular weight is 253 g/mol. The van der Waals surface area contributed by atoms with Crippen LogP contribution in [0.25, 0.3) is 0 Å². The van der Waals surface area contributed by atoms with E-state index in [1.807, 2.05) is 4.90 Å². The predicted molar refractivity (Wildman–Crippen MR) is 72.1 cm³/mol. The Hall–Kier alpha value is -0.570. The van der Waals surface area contributed by atoms with Crippen molar-refractivity contribution in [3.05, 3.63) is 0 Å². The molecular formula is C15H27NO2. The first kappa shape index (κ1) is 13.9. The third kappa shape index (κ3) is 1.97. The molecule has 2 fully saturated rings. The SMILES string of the molecule is CC1(C)C(C(=O)N2CCCCCC2CO)C1(C)C. The minimum absolute atomic E-state index is 0.0483. The zero-order chi connectivity index (χ0) is 13.6. The smallest absolute Gasteiger partial charge is 0.227 e. The topological polar surface area (TPSA) is 40.5 Å². The lowest BCUT2D eigenvalue weighted by Gasteiger charge is -2.29. The highest BCUT2D eigenvalue weighted by Gasteiger charge is 2.69. The van der Waals surface area contributed by atoms with Gasteiger partial charge < -0.3 is 10.0 Å². The maximum Gasteiger partial charge on any atom is 0.227 e. The lowest BCUT2D eigenvalue weighted by atomic mass is 10.0. The number of amides is 1. The summed E-state index contributed by atoms with van der Waals surface area (Å²) >= 11 is 0. The van der Waals surface area contributed by atoms with Crippen LogP contribution < -0.4 is 0 Å². The van der Waals surface area contributed by atoms with Crippen molar-refractivity contribution in [3.8, 4) is 0 Å². The molecule has 1 aliphatic carbocycles. The Balaban J connectivity index is 2.13. The standard InChI is InChI=1S/C15H27NO2/c1-14(2)12(15(14,3)4)13(18)16-9-7-5-6-8-11(16)10-17/h11-12,17H,5-10H2,1-4H3. The molecule has 1 saturated carbocycles. The largest absolute Gasteiger partial charge is 0.394 e. The molecule has 0 aromatic rings. The van der Waals surface area contributed by atoms with Gasteiger partial charge in [-0.05, 0) is 23.7 Å². The Morgan fingerprint density at radius 1 is 1.17 bits per heavy atom. The highest BCUT2D eigenvalue weighted by molar-refractivity contribution is 5.84. The van der Waals surface area contributed by atoms with Gasteiger partial charge >= 0.3 is 0 Å². The molecule has 1 N–H and O–H groups in total. The molecule has 1 atom stereocenters. The van der Waals surface area contributed by atoms with E-state index in [9.17, 15) is 9.90 Å². The number of hydrogen-bond acceptors (Lipinski definition) is 2. The number of carbonyl (C=O) groups excluding carboxylic acids is 1. The molecular weight excluding hydrogens is 226 g/mol. The number of hydrogen-bond donors (Lipinski definition) is 1. The van der Waals surface area contributed by atoms with Crippen molar-refractivity contribution in [2.24, 2.45) is 16.7 Å². The second kappa shape index (κ2) is 4.52. The summed E-state index contributed by atoms with van der Waals surface area (Å²) in [6.45, 7) is 9.66. The van der Waals surface area contributed by atoms with Crippen molar-refractivity contribution < 1.29 is 9.90 Å². The van der Waals surface area contributed by atoms with E-state index in [0.717, 1.165) is 25.8 Å². The van der Waals surface area contributed by atoms with Crippen LogP contribution in [0.2, 0.25) is 0 Å². The normalized spacial score (nSPS) is 30.9. The summed E-state index contributed by atoms with van der Waals surface area (Å²) in [5.41, 5.74) is 0.187. The van der Waals surface area contributed by atoms with Gasteiger partial charge in [0.05, 0.1) is 12.6 Å². The van der Waals surface area contributed by atoms with Crippen molar-refractivity contribution in [1.82, 2.24) is 4.90 Å². The van der Waals surface area contributed by atoms with Crippen molar-refractivity contribution in [1.29, 1.82) is 0 Å². The van der Waals surface area contributed by atoms with E-state index in [4.69, 9.17) is 0 Å². The average Bonchev–Trinajstić information content (AvgIpc) is 2.82. The quantitative estimate of drug-likeness (QED) is 0.821. The van der Waals surface area contributed by atoms with Gasteiger partial charge in [-0.25, -0.2) is 0 Å². The number of carbonyl (C=O) groups is 1. The number of rotatable bonds is 2. The monoisotopic (exact) mass is 253 g/mol. The Morgan fingerprint density at radius 3 is 2.28 bits per heavy atom. The number of aliphatic hydroxyl groups excluding tert-OH is 1. The molecule has 0 spiro atoms. The molecule has 3 nitrogen and oxygen atoms in total. The van der Waals surface area contributed by atoms with Gasteiger partial charge in [-0.1, -0.05) is 40.5 Å². The number of likely N-dealkylation sites (tertiary alicyclic amines) is 1. The maximum atomic E-state index is 12.7. The van der Waals surface area contributed by atoms with E-state index in [0.29, 0.717) is 0 Å². The van der Waals surface area contributed by atoms with Crippen LogP contribution in [0, 0.1) is 16.7 Å². The van der Waals surface area contributed by atoms with Gasteiger partial charge in [0.1, 0.15) is 0 Å². The van der Waals surface area contributed by atoms with Crippen molar-refractivity contribution in [2.75, 3.05) is 13.2 Å². The molecule has 2 rings (SSSR count). The maximum absolute atomic E-state index is 12.7. The van der Waals surface area contributed by atoms with Crippen molar-refractivity contribution in [3.63, 3.8) is 0 Å². The highest BCUT2D eigenvalue weighted by atomic mass is 16.3. The fourth-order valence-electron chi connectivity index (χ4n) is 3.64. The highest BCUT2D eigenvalue weighted by Crippen LogP contribution is 2.68. The first-order valence-electron chi connectivity index (χ1n) is 7.25. The van der Waals surface area contributed by atoms with Gasteiger partial charge in [0.15, 0.2) is 0 Å². The molecule has 104 valence electrons.